The Labute approximate surface area is 102 Å². The normalized spacial score (nSPS) is 10.9. The molecule has 17 heavy (non-hydrogen) atoms. The van der Waals surface area contributed by atoms with Gasteiger partial charge in [0.2, 0.25) is 0 Å². The number of hydrogen-bond acceptors (Lipinski definition) is 4. The first kappa shape index (κ1) is 13.3. The van der Waals surface area contributed by atoms with Gasteiger partial charge in [0, 0.05) is 19.6 Å². The van der Waals surface area contributed by atoms with Crippen molar-refractivity contribution in [2.24, 2.45) is 0 Å². The number of nitrogen functional groups attached to an aromatic ring is 1. The molecule has 0 bridgehead atoms. The van der Waals surface area contributed by atoms with Crippen LogP contribution in [0.3, 0.4) is 0 Å². The minimum absolute atomic E-state index is 0.196. The minimum Gasteiger partial charge on any atom is -0.493 e. The molecule has 0 saturated heterocycles. The Hall–Kier alpha value is -1.73. The van der Waals surface area contributed by atoms with Crippen LogP contribution in [-0.2, 0) is 4.74 Å². The van der Waals surface area contributed by atoms with Crippen LogP contribution in [0.1, 0.15) is 25.8 Å². The van der Waals surface area contributed by atoms with Crippen LogP contribution < -0.4 is 10.5 Å². The van der Waals surface area contributed by atoms with E-state index in [1.165, 1.54) is 0 Å². The van der Waals surface area contributed by atoms with E-state index in [1.807, 2.05) is 19.9 Å². The topological polar surface area (TPSA) is 68.3 Å². The zero-order chi connectivity index (χ0) is 12.9. The summed E-state index contributed by atoms with van der Waals surface area (Å²) < 4.78 is 10.8. The van der Waals surface area contributed by atoms with Gasteiger partial charge in [-0.05, 0) is 26.0 Å². The quantitative estimate of drug-likeness (QED) is 0.794. The van der Waals surface area contributed by atoms with Gasteiger partial charge in [0.05, 0.1) is 23.5 Å². The average Bonchev–Trinajstić information content (AvgIpc) is 2.29. The van der Waals surface area contributed by atoms with Crippen molar-refractivity contribution in [3.8, 4) is 11.8 Å². The lowest BCUT2D eigenvalue weighted by atomic mass is 10.1. The summed E-state index contributed by atoms with van der Waals surface area (Å²) in [5.74, 6) is 0.674. The van der Waals surface area contributed by atoms with Crippen molar-refractivity contribution in [1.29, 1.82) is 5.26 Å². The second-order valence-corrected chi connectivity index (χ2v) is 4.42. The summed E-state index contributed by atoms with van der Waals surface area (Å²) in [6.07, 6.45) is 0.781. The molecule has 0 radical (unpaired) electrons. The van der Waals surface area contributed by atoms with Crippen molar-refractivity contribution < 1.29 is 9.47 Å². The Balaban J connectivity index is 2.54. The predicted molar refractivity (Wildman–Crippen MR) is 66.8 cm³/mol. The molecule has 0 atom stereocenters. The SMILES string of the molecule is COC(C)(C)CCOc1ccc(C#N)c(N)c1. The van der Waals surface area contributed by atoms with E-state index < -0.39 is 0 Å². The number of methoxy groups -OCH3 is 1. The predicted octanol–water partition coefficient (Wildman–Crippen LogP) is 2.33. The fourth-order valence-electron chi connectivity index (χ4n) is 1.25. The van der Waals surface area contributed by atoms with Gasteiger partial charge in [0.1, 0.15) is 11.8 Å². The van der Waals surface area contributed by atoms with E-state index in [9.17, 15) is 0 Å². The van der Waals surface area contributed by atoms with Crippen LogP contribution in [0.2, 0.25) is 0 Å². The molecule has 92 valence electrons. The number of anilines is 1. The third kappa shape index (κ3) is 3.97. The number of benzene rings is 1. The highest BCUT2D eigenvalue weighted by molar-refractivity contribution is 5.56. The molecular formula is C13H18N2O2. The Morgan fingerprint density at radius 1 is 1.41 bits per heavy atom. The Morgan fingerprint density at radius 2 is 2.12 bits per heavy atom. The molecule has 0 fully saturated rings. The maximum absolute atomic E-state index is 8.74. The first-order valence-electron chi connectivity index (χ1n) is 5.46. The molecule has 0 unspecified atom stereocenters. The maximum Gasteiger partial charge on any atom is 0.121 e. The van der Waals surface area contributed by atoms with Gasteiger partial charge in [-0.1, -0.05) is 0 Å². The monoisotopic (exact) mass is 234 g/mol. The van der Waals surface area contributed by atoms with Crippen LogP contribution in [-0.4, -0.2) is 19.3 Å². The summed E-state index contributed by atoms with van der Waals surface area (Å²) in [6, 6.07) is 7.08. The zero-order valence-electron chi connectivity index (χ0n) is 10.5. The van der Waals surface area contributed by atoms with Crippen molar-refractivity contribution >= 4 is 5.69 Å². The molecule has 1 rings (SSSR count). The van der Waals surface area contributed by atoms with Gasteiger partial charge in [0.15, 0.2) is 0 Å². The van der Waals surface area contributed by atoms with Crippen LogP contribution in [0, 0.1) is 11.3 Å². The van der Waals surface area contributed by atoms with Crippen LogP contribution in [0.4, 0.5) is 5.69 Å². The van der Waals surface area contributed by atoms with Gasteiger partial charge in [-0.2, -0.15) is 5.26 Å². The highest BCUT2D eigenvalue weighted by Crippen LogP contribution is 2.20. The summed E-state index contributed by atoms with van der Waals surface area (Å²) in [6.45, 7) is 4.55. The number of nitriles is 1. The molecule has 4 heteroatoms. The van der Waals surface area contributed by atoms with Gasteiger partial charge < -0.3 is 15.2 Å². The van der Waals surface area contributed by atoms with Gasteiger partial charge in [0.25, 0.3) is 0 Å². The fourth-order valence-corrected chi connectivity index (χ4v) is 1.25. The van der Waals surface area contributed by atoms with Crippen LogP contribution >= 0.6 is 0 Å². The van der Waals surface area contributed by atoms with Crippen molar-refractivity contribution in [2.75, 3.05) is 19.5 Å². The number of hydrogen-bond donors (Lipinski definition) is 1. The van der Waals surface area contributed by atoms with Gasteiger partial charge in [-0.3, -0.25) is 0 Å². The summed E-state index contributed by atoms with van der Waals surface area (Å²) >= 11 is 0. The Kier molecular flexibility index (Phi) is 4.36. The molecule has 0 saturated carbocycles. The van der Waals surface area contributed by atoms with E-state index in [1.54, 1.807) is 25.3 Å². The zero-order valence-corrected chi connectivity index (χ0v) is 10.5. The summed E-state index contributed by atoms with van der Waals surface area (Å²) in [4.78, 5) is 0. The van der Waals surface area contributed by atoms with E-state index >= 15 is 0 Å². The summed E-state index contributed by atoms with van der Waals surface area (Å²) in [5, 5.41) is 8.74. The van der Waals surface area contributed by atoms with Crippen LogP contribution in [0.25, 0.3) is 0 Å². The highest BCUT2D eigenvalue weighted by atomic mass is 16.5. The highest BCUT2D eigenvalue weighted by Gasteiger charge is 2.16. The van der Waals surface area contributed by atoms with E-state index in [0.29, 0.717) is 23.6 Å². The third-order valence-corrected chi connectivity index (χ3v) is 2.67. The molecule has 2 N–H and O–H groups in total. The minimum atomic E-state index is -0.196. The second-order valence-electron chi connectivity index (χ2n) is 4.42. The third-order valence-electron chi connectivity index (χ3n) is 2.67. The molecular weight excluding hydrogens is 216 g/mol. The maximum atomic E-state index is 8.74. The molecule has 0 spiro atoms. The standard InChI is InChI=1S/C13H18N2O2/c1-13(2,16-3)6-7-17-11-5-4-10(9-14)12(15)8-11/h4-5,8H,6-7,15H2,1-3H3. The lowest BCUT2D eigenvalue weighted by Crippen LogP contribution is -2.25. The lowest BCUT2D eigenvalue weighted by molar-refractivity contribution is 0.00546. The molecule has 0 amide bonds. The summed E-state index contributed by atoms with van der Waals surface area (Å²) in [5.41, 5.74) is 6.40. The largest absolute Gasteiger partial charge is 0.493 e. The Bertz CT molecular complexity index is 422. The van der Waals surface area contributed by atoms with Gasteiger partial charge >= 0.3 is 0 Å². The van der Waals surface area contributed by atoms with Gasteiger partial charge in [-0.15, -0.1) is 0 Å². The van der Waals surface area contributed by atoms with Crippen molar-refractivity contribution in [3.05, 3.63) is 23.8 Å². The van der Waals surface area contributed by atoms with E-state index in [-0.39, 0.29) is 5.60 Å². The second kappa shape index (κ2) is 5.55. The Morgan fingerprint density at radius 3 is 2.65 bits per heavy atom. The molecule has 0 aromatic heterocycles. The number of rotatable bonds is 5. The molecule has 0 aliphatic carbocycles. The number of nitrogens with two attached hydrogens (primary N) is 1. The van der Waals surface area contributed by atoms with E-state index in [0.717, 1.165) is 6.42 Å². The van der Waals surface area contributed by atoms with E-state index in [4.69, 9.17) is 20.5 Å². The first-order valence-corrected chi connectivity index (χ1v) is 5.46. The number of ether oxygens (including phenoxy) is 2. The average molecular weight is 234 g/mol. The molecule has 4 nitrogen and oxygen atoms in total. The smallest absolute Gasteiger partial charge is 0.121 e. The molecule has 1 aromatic rings. The van der Waals surface area contributed by atoms with Crippen LogP contribution in [0.15, 0.2) is 18.2 Å². The molecule has 1 aromatic carbocycles. The number of nitrogens with zero attached hydrogens (tertiary/aromatic N) is 1. The van der Waals surface area contributed by atoms with E-state index in [2.05, 4.69) is 0 Å². The molecule has 0 aliphatic rings. The van der Waals surface area contributed by atoms with Crippen molar-refractivity contribution in [3.63, 3.8) is 0 Å². The van der Waals surface area contributed by atoms with Crippen LogP contribution in [0.5, 0.6) is 5.75 Å². The molecule has 0 heterocycles. The summed E-state index contributed by atoms with van der Waals surface area (Å²) in [7, 11) is 1.68. The van der Waals surface area contributed by atoms with Crippen molar-refractivity contribution in [2.45, 2.75) is 25.9 Å². The first-order chi connectivity index (χ1) is 7.98. The molecule has 0 aliphatic heterocycles. The van der Waals surface area contributed by atoms with Gasteiger partial charge in [-0.25, -0.2) is 0 Å². The fraction of sp³-hybridized carbons (Fsp3) is 0.462. The lowest BCUT2D eigenvalue weighted by Gasteiger charge is -2.22. The van der Waals surface area contributed by atoms with Crippen molar-refractivity contribution in [1.82, 2.24) is 0 Å².